The van der Waals surface area contributed by atoms with Crippen LogP contribution in [0.3, 0.4) is 0 Å². The van der Waals surface area contributed by atoms with Crippen LogP contribution >= 0.6 is 15.9 Å². The number of Topliss-reactive ketones (excluding diaryl/α,β-unsaturated/α-hetero) is 1. The molecule has 142 valence electrons. The lowest BCUT2D eigenvalue weighted by Crippen LogP contribution is -2.34. The third-order valence-corrected chi connectivity index (χ3v) is 3.79. The van der Waals surface area contributed by atoms with Crippen LogP contribution in [0.5, 0.6) is 11.5 Å². The molecule has 1 heterocycles. The van der Waals surface area contributed by atoms with Crippen molar-refractivity contribution in [3.8, 4) is 11.5 Å². The smallest absolute Gasteiger partial charge is 0.407 e. The lowest BCUT2D eigenvalue weighted by molar-refractivity contribution is -0.116. The number of halogens is 1. The molecule has 0 saturated heterocycles. The van der Waals surface area contributed by atoms with E-state index in [0.29, 0.717) is 17.1 Å². The quantitative estimate of drug-likeness (QED) is 0.535. The van der Waals surface area contributed by atoms with E-state index < -0.39 is 18.0 Å². The third kappa shape index (κ3) is 5.74. The summed E-state index contributed by atoms with van der Waals surface area (Å²) in [6, 6.07) is 5.08. The van der Waals surface area contributed by atoms with Crippen molar-refractivity contribution in [1.82, 2.24) is 5.32 Å². The zero-order valence-electron chi connectivity index (χ0n) is 14.9. The van der Waals surface area contributed by atoms with Gasteiger partial charge in [-0.05, 0) is 39.0 Å². The average molecular weight is 428 g/mol. The van der Waals surface area contributed by atoms with E-state index in [1.807, 2.05) is 0 Å². The number of amides is 1. The molecule has 2 N–H and O–H groups in total. The third-order valence-electron chi connectivity index (χ3n) is 3.28. The molecule has 1 aliphatic rings. The highest BCUT2D eigenvalue weighted by atomic mass is 79.9. The van der Waals surface area contributed by atoms with Gasteiger partial charge in [0.15, 0.2) is 5.78 Å². The summed E-state index contributed by atoms with van der Waals surface area (Å²) in [6.07, 6.45) is -0.218. The van der Waals surface area contributed by atoms with Gasteiger partial charge in [0, 0.05) is 11.6 Å². The van der Waals surface area contributed by atoms with Crippen molar-refractivity contribution in [2.45, 2.75) is 32.7 Å². The molecule has 1 amide bonds. The van der Waals surface area contributed by atoms with Crippen LogP contribution in [0.1, 0.15) is 26.3 Å². The van der Waals surface area contributed by atoms with Gasteiger partial charge >= 0.3 is 6.09 Å². The molecule has 26 heavy (non-hydrogen) atoms. The van der Waals surface area contributed by atoms with Gasteiger partial charge in [-0.15, -0.1) is 0 Å². The highest BCUT2D eigenvalue weighted by Crippen LogP contribution is 2.32. The minimum absolute atomic E-state index is 0.112. The molecule has 0 bridgehead atoms. The van der Waals surface area contributed by atoms with Gasteiger partial charge in [0.05, 0.1) is 17.4 Å². The number of ketones is 1. The fourth-order valence-electron chi connectivity index (χ4n) is 2.18. The van der Waals surface area contributed by atoms with E-state index in [0.717, 1.165) is 0 Å². The molecular weight excluding hydrogens is 406 g/mol. The minimum atomic E-state index is -1.31. The van der Waals surface area contributed by atoms with E-state index in [-0.39, 0.29) is 29.8 Å². The number of nitrogens with one attached hydrogen (secondary N) is 1. The number of rotatable bonds is 6. The summed E-state index contributed by atoms with van der Waals surface area (Å²) in [5.74, 6) is 0.698. The molecule has 1 aromatic rings. The standard InChI is InChI=1S/C18H22BrNO6/c1-18(2,3)26-17(23)20-6-7-24-12-5-4-11-8-13(14(21)10-19)16(22)25-15(11)9-12/h4-5,8-9,16,22H,6-7,10H2,1-3H3,(H,20,23). The Kier molecular flexibility index (Phi) is 6.66. The Balaban J connectivity index is 1.90. The number of carbonyl (C=O) groups is 2. The predicted octanol–water partition coefficient (Wildman–Crippen LogP) is 2.65. The molecular formula is C18H22BrNO6. The van der Waals surface area contributed by atoms with Gasteiger partial charge in [-0.2, -0.15) is 0 Å². The zero-order valence-corrected chi connectivity index (χ0v) is 16.5. The van der Waals surface area contributed by atoms with Gasteiger partial charge in [-0.1, -0.05) is 15.9 Å². The van der Waals surface area contributed by atoms with Gasteiger partial charge in [0.1, 0.15) is 23.7 Å². The van der Waals surface area contributed by atoms with Crippen molar-refractivity contribution in [2.75, 3.05) is 18.5 Å². The fraction of sp³-hybridized carbons (Fsp3) is 0.444. The van der Waals surface area contributed by atoms with Crippen molar-refractivity contribution in [3.05, 3.63) is 29.3 Å². The summed E-state index contributed by atoms with van der Waals surface area (Å²) in [6.45, 7) is 5.88. The van der Waals surface area contributed by atoms with Crippen LogP contribution in [0.15, 0.2) is 23.8 Å². The number of hydrogen-bond donors (Lipinski definition) is 2. The van der Waals surface area contributed by atoms with Crippen molar-refractivity contribution < 1.29 is 28.9 Å². The predicted molar refractivity (Wildman–Crippen MR) is 99.6 cm³/mol. The molecule has 0 fully saturated rings. The molecule has 0 aromatic heterocycles. The Labute approximate surface area is 160 Å². The Hall–Kier alpha value is -2.06. The molecule has 1 aliphatic heterocycles. The number of aliphatic hydroxyl groups excluding tert-OH is 1. The second-order valence-electron chi connectivity index (χ2n) is 6.60. The lowest BCUT2D eigenvalue weighted by Gasteiger charge is -2.22. The molecule has 0 spiro atoms. The van der Waals surface area contributed by atoms with Gasteiger partial charge in [0.25, 0.3) is 0 Å². The number of carbonyl (C=O) groups excluding carboxylic acids is 2. The van der Waals surface area contributed by atoms with E-state index in [1.54, 1.807) is 45.0 Å². The molecule has 7 nitrogen and oxygen atoms in total. The number of hydrogen-bond acceptors (Lipinski definition) is 6. The van der Waals surface area contributed by atoms with Gasteiger partial charge in [-0.25, -0.2) is 4.79 Å². The molecule has 0 radical (unpaired) electrons. The van der Waals surface area contributed by atoms with Crippen LogP contribution in [0.25, 0.3) is 6.08 Å². The Morgan fingerprint density at radius 1 is 1.35 bits per heavy atom. The van der Waals surface area contributed by atoms with Crippen LogP contribution in [0.2, 0.25) is 0 Å². The number of fused-ring (bicyclic) bond motifs is 1. The topological polar surface area (TPSA) is 94.1 Å². The number of aliphatic hydroxyl groups is 1. The fourth-order valence-corrected chi connectivity index (χ4v) is 2.50. The Bertz CT molecular complexity index is 710. The maximum atomic E-state index is 11.7. The number of alkyl halides is 1. The summed E-state index contributed by atoms with van der Waals surface area (Å²) in [5.41, 5.74) is 0.327. The summed E-state index contributed by atoms with van der Waals surface area (Å²) in [5, 5.41) is 12.6. The van der Waals surface area contributed by atoms with E-state index >= 15 is 0 Å². The maximum absolute atomic E-state index is 11.7. The Morgan fingerprint density at radius 3 is 2.73 bits per heavy atom. The first-order valence-corrected chi connectivity index (χ1v) is 9.21. The minimum Gasteiger partial charge on any atom is -0.492 e. The SMILES string of the molecule is CC(C)(C)OC(=O)NCCOc1ccc2c(c1)OC(O)C(C(=O)CBr)=C2. The van der Waals surface area contributed by atoms with Crippen molar-refractivity contribution in [1.29, 1.82) is 0 Å². The first kappa shape index (κ1) is 20.3. The number of alkyl carbamates (subject to hydrolysis) is 1. The second kappa shape index (κ2) is 8.55. The summed E-state index contributed by atoms with van der Waals surface area (Å²) >= 11 is 3.07. The molecule has 0 saturated carbocycles. The van der Waals surface area contributed by atoms with E-state index in [9.17, 15) is 14.7 Å². The van der Waals surface area contributed by atoms with Crippen LogP contribution < -0.4 is 14.8 Å². The van der Waals surface area contributed by atoms with E-state index in [2.05, 4.69) is 21.2 Å². The van der Waals surface area contributed by atoms with Crippen LogP contribution in [-0.4, -0.2) is 47.4 Å². The van der Waals surface area contributed by atoms with Crippen molar-refractivity contribution in [3.63, 3.8) is 0 Å². The van der Waals surface area contributed by atoms with Crippen molar-refractivity contribution in [2.24, 2.45) is 0 Å². The van der Waals surface area contributed by atoms with Gasteiger partial charge < -0.3 is 24.6 Å². The lowest BCUT2D eigenvalue weighted by atomic mass is 10.0. The van der Waals surface area contributed by atoms with E-state index in [1.165, 1.54) is 0 Å². The number of benzene rings is 1. The zero-order chi connectivity index (χ0) is 19.3. The normalized spacial score (nSPS) is 16.0. The molecule has 2 rings (SSSR count). The average Bonchev–Trinajstić information content (AvgIpc) is 2.55. The first-order chi connectivity index (χ1) is 12.2. The molecule has 8 heteroatoms. The molecule has 1 aromatic carbocycles. The van der Waals surface area contributed by atoms with Crippen LogP contribution in [0, 0.1) is 0 Å². The van der Waals surface area contributed by atoms with Crippen LogP contribution in [0.4, 0.5) is 4.79 Å². The summed E-state index contributed by atoms with van der Waals surface area (Å²) in [4.78, 5) is 23.3. The molecule has 1 atom stereocenters. The Morgan fingerprint density at radius 2 is 2.08 bits per heavy atom. The van der Waals surface area contributed by atoms with Gasteiger partial charge in [-0.3, -0.25) is 4.79 Å². The largest absolute Gasteiger partial charge is 0.492 e. The monoisotopic (exact) mass is 427 g/mol. The molecule has 1 unspecified atom stereocenters. The summed E-state index contributed by atoms with van der Waals surface area (Å²) in [7, 11) is 0. The highest BCUT2D eigenvalue weighted by Gasteiger charge is 2.25. The van der Waals surface area contributed by atoms with E-state index in [4.69, 9.17) is 14.2 Å². The summed E-state index contributed by atoms with van der Waals surface area (Å²) < 4.78 is 16.1. The van der Waals surface area contributed by atoms with Crippen LogP contribution in [-0.2, 0) is 9.53 Å². The highest BCUT2D eigenvalue weighted by molar-refractivity contribution is 9.09. The number of ether oxygens (including phenoxy) is 3. The second-order valence-corrected chi connectivity index (χ2v) is 7.16. The maximum Gasteiger partial charge on any atom is 0.407 e. The van der Waals surface area contributed by atoms with Gasteiger partial charge in [0.2, 0.25) is 6.29 Å². The first-order valence-electron chi connectivity index (χ1n) is 8.09. The molecule has 0 aliphatic carbocycles. The van der Waals surface area contributed by atoms with Crippen molar-refractivity contribution >= 4 is 33.9 Å².